The highest BCUT2D eigenvalue weighted by Gasteiger charge is 2.31. The number of amides is 1. The van der Waals surface area contributed by atoms with Crippen molar-refractivity contribution in [1.29, 1.82) is 5.26 Å². The second-order valence-corrected chi connectivity index (χ2v) is 9.50. The molecule has 2 aromatic carbocycles. The van der Waals surface area contributed by atoms with Crippen molar-refractivity contribution in [1.82, 2.24) is 18.8 Å². The van der Waals surface area contributed by atoms with Crippen molar-refractivity contribution in [3.63, 3.8) is 0 Å². The van der Waals surface area contributed by atoms with Gasteiger partial charge in [0.05, 0.1) is 27.7 Å². The molecule has 3 aromatic rings. The molecule has 0 aliphatic carbocycles. The molecule has 1 amide bonds. The monoisotopic (exact) mass is 451 g/mol. The molecule has 1 fully saturated rings. The first-order chi connectivity index (χ1) is 15.3. The van der Waals surface area contributed by atoms with E-state index in [2.05, 4.69) is 4.98 Å². The van der Waals surface area contributed by atoms with E-state index in [1.54, 1.807) is 24.3 Å². The number of carbonyl (C=O) groups excluding carboxylic acids is 1. The minimum Gasteiger partial charge on any atom is -0.338 e. The number of fused-ring (bicyclic) bond motifs is 1. The quantitative estimate of drug-likeness (QED) is 0.587. The molecule has 32 heavy (non-hydrogen) atoms. The second kappa shape index (κ2) is 8.53. The Morgan fingerprint density at radius 2 is 1.84 bits per heavy atom. The number of piperazine rings is 1. The predicted molar refractivity (Wildman–Crippen MR) is 117 cm³/mol. The summed E-state index contributed by atoms with van der Waals surface area (Å²) >= 11 is 0. The normalized spacial score (nSPS) is 14.9. The number of hydrogen-bond donors (Lipinski definition) is 0. The van der Waals surface area contributed by atoms with Crippen LogP contribution in [0.1, 0.15) is 11.1 Å². The van der Waals surface area contributed by atoms with E-state index < -0.39 is 10.0 Å². The van der Waals surface area contributed by atoms with Gasteiger partial charge in [-0.2, -0.15) is 9.57 Å². The van der Waals surface area contributed by atoms with Crippen molar-refractivity contribution in [3.8, 4) is 6.07 Å². The molecule has 0 saturated carbocycles. The Labute approximate surface area is 185 Å². The van der Waals surface area contributed by atoms with Gasteiger partial charge in [-0.15, -0.1) is 0 Å². The average Bonchev–Trinajstić information content (AvgIpc) is 2.81. The molecule has 0 atom stereocenters. The third-order valence-electron chi connectivity index (χ3n) is 5.50. The van der Waals surface area contributed by atoms with E-state index >= 15 is 0 Å². The number of carbonyl (C=O) groups is 1. The lowest BCUT2D eigenvalue weighted by Gasteiger charge is -2.34. The van der Waals surface area contributed by atoms with E-state index in [9.17, 15) is 23.3 Å². The molecule has 0 bridgehead atoms. The third kappa shape index (κ3) is 4.00. The number of hydrogen-bond acceptors (Lipinski definition) is 6. The van der Waals surface area contributed by atoms with Crippen LogP contribution in [0.3, 0.4) is 0 Å². The minimum atomic E-state index is -3.84. The van der Waals surface area contributed by atoms with Gasteiger partial charge >= 0.3 is 0 Å². The van der Waals surface area contributed by atoms with Crippen LogP contribution in [-0.2, 0) is 21.4 Å². The maximum absolute atomic E-state index is 12.9. The summed E-state index contributed by atoms with van der Waals surface area (Å²) in [6, 6.07) is 13.3. The summed E-state index contributed by atoms with van der Waals surface area (Å²) in [5.41, 5.74) is 1.29. The number of nitriles is 1. The fraction of sp³-hybridized carbons (Fsp3) is 0.273. The van der Waals surface area contributed by atoms with Crippen LogP contribution in [0.2, 0.25) is 0 Å². The second-order valence-electron chi connectivity index (χ2n) is 7.59. The van der Waals surface area contributed by atoms with Crippen LogP contribution in [0.5, 0.6) is 0 Å². The van der Waals surface area contributed by atoms with Gasteiger partial charge in [-0.3, -0.25) is 14.2 Å². The molecule has 0 radical (unpaired) electrons. The van der Waals surface area contributed by atoms with Gasteiger partial charge in [-0.05, 0) is 31.2 Å². The molecule has 1 aromatic heterocycles. The summed E-state index contributed by atoms with van der Waals surface area (Å²) in [6.07, 6.45) is 1.36. The van der Waals surface area contributed by atoms with Crippen molar-refractivity contribution >= 4 is 26.8 Å². The lowest BCUT2D eigenvalue weighted by atomic mass is 10.2. The standard InChI is InChI=1S/C22H21N5O4S/c1-16-6-7-19-18(12-16)22(29)26(15-24-19)14-21(28)25-8-10-27(11-9-25)32(30,31)20-5-3-2-4-17(20)13-23/h2-7,12,15H,8-11,14H2,1H3. The van der Waals surface area contributed by atoms with E-state index in [1.807, 2.05) is 19.1 Å². The van der Waals surface area contributed by atoms with Gasteiger partial charge in [0.1, 0.15) is 12.6 Å². The van der Waals surface area contributed by atoms with Crippen LogP contribution in [0.25, 0.3) is 10.9 Å². The van der Waals surface area contributed by atoms with Crippen molar-refractivity contribution in [2.24, 2.45) is 0 Å². The lowest BCUT2D eigenvalue weighted by molar-refractivity contribution is -0.133. The number of benzene rings is 2. The van der Waals surface area contributed by atoms with Gasteiger partial charge in [0.2, 0.25) is 15.9 Å². The van der Waals surface area contributed by atoms with E-state index in [4.69, 9.17) is 0 Å². The molecule has 10 heteroatoms. The van der Waals surface area contributed by atoms with Gasteiger partial charge in [0, 0.05) is 26.2 Å². The zero-order valence-corrected chi connectivity index (χ0v) is 18.2. The number of aryl methyl sites for hydroxylation is 1. The van der Waals surface area contributed by atoms with Crippen molar-refractivity contribution in [2.75, 3.05) is 26.2 Å². The van der Waals surface area contributed by atoms with E-state index in [0.29, 0.717) is 10.9 Å². The third-order valence-corrected chi connectivity index (χ3v) is 7.46. The fourth-order valence-electron chi connectivity index (χ4n) is 3.73. The van der Waals surface area contributed by atoms with Crippen molar-refractivity contribution in [3.05, 3.63) is 70.3 Å². The van der Waals surface area contributed by atoms with E-state index in [0.717, 1.165) is 5.56 Å². The smallest absolute Gasteiger partial charge is 0.261 e. The highest BCUT2D eigenvalue weighted by molar-refractivity contribution is 7.89. The Morgan fingerprint density at radius 1 is 1.12 bits per heavy atom. The summed E-state index contributed by atoms with van der Waals surface area (Å²) in [5, 5.41) is 9.67. The Balaban J connectivity index is 1.46. The maximum Gasteiger partial charge on any atom is 0.261 e. The highest BCUT2D eigenvalue weighted by atomic mass is 32.2. The fourth-order valence-corrected chi connectivity index (χ4v) is 5.30. The van der Waals surface area contributed by atoms with Gasteiger partial charge in [-0.25, -0.2) is 13.4 Å². The SMILES string of the molecule is Cc1ccc2ncn(CC(=O)N3CCN(S(=O)(=O)c4ccccc4C#N)CC3)c(=O)c2c1. The Morgan fingerprint density at radius 3 is 2.56 bits per heavy atom. The number of nitrogens with zero attached hydrogens (tertiary/aromatic N) is 5. The Hall–Kier alpha value is -3.55. The van der Waals surface area contributed by atoms with Crippen LogP contribution in [0.4, 0.5) is 0 Å². The van der Waals surface area contributed by atoms with E-state index in [-0.39, 0.29) is 54.6 Å². The van der Waals surface area contributed by atoms with Crippen LogP contribution in [0.15, 0.2) is 58.5 Å². The summed E-state index contributed by atoms with van der Waals surface area (Å²) in [7, 11) is -3.84. The molecule has 0 unspecified atom stereocenters. The lowest BCUT2D eigenvalue weighted by Crippen LogP contribution is -2.51. The largest absolute Gasteiger partial charge is 0.338 e. The molecular weight excluding hydrogens is 430 g/mol. The van der Waals surface area contributed by atoms with Gasteiger partial charge in [0.25, 0.3) is 5.56 Å². The van der Waals surface area contributed by atoms with Gasteiger partial charge in [0.15, 0.2) is 0 Å². The molecule has 0 spiro atoms. The Bertz CT molecular complexity index is 1400. The Kier molecular flexibility index (Phi) is 5.78. The summed E-state index contributed by atoms with van der Waals surface area (Å²) in [5.74, 6) is -0.282. The summed E-state index contributed by atoms with van der Waals surface area (Å²) in [6.45, 7) is 2.32. The molecule has 1 aliphatic rings. The first kappa shape index (κ1) is 21.7. The van der Waals surface area contributed by atoms with Crippen LogP contribution < -0.4 is 5.56 Å². The first-order valence-electron chi connectivity index (χ1n) is 10.0. The summed E-state index contributed by atoms with van der Waals surface area (Å²) in [4.78, 5) is 31.3. The van der Waals surface area contributed by atoms with Crippen molar-refractivity contribution < 1.29 is 13.2 Å². The van der Waals surface area contributed by atoms with Crippen molar-refractivity contribution in [2.45, 2.75) is 18.4 Å². The maximum atomic E-state index is 12.9. The highest BCUT2D eigenvalue weighted by Crippen LogP contribution is 2.21. The predicted octanol–water partition coefficient (Wildman–Crippen LogP) is 1.11. The first-order valence-corrected chi connectivity index (χ1v) is 11.5. The van der Waals surface area contributed by atoms with Crippen LogP contribution in [0, 0.1) is 18.3 Å². The molecular formula is C22H21N5O4S. The zero-order chi connectivity index (χ0) is 22.9. The number of sulfonamides is 1. The number of aromatic nitrogens is 2. The molecule has 1 aliphatic heterocycles. The van der Waals surface area contributed by atoms with Crippen LogP contribution >= 0.6 is 0 Å². The number of rotatable bonds is 4. The zero-order valence-electron chi connectivity index (χ0n) is 17.4. The molecule has 1 saturated heterocycles. The molecule has 4 rings (SSSR count). The molecule has 164 valence electrons. The molecule has 9 nitrogen and oxygen atoms in total. The van der Waals surface area contributed by atoms with E-state index in [1.165, 1.54) is 32.2 Å². The molecule has 0 N–H and O–H groups in total. The average molecular weight is 452 g/mol. The topological polar surface area (TPSA) is 116 Å². The minimum absolute atomic E-state index is 0.0358. The summed E-state index contributed by atoms with van der Waals surface area (Å²) < 4.78 is 28.4. The van der Waals surface area contributed by atoms with Crippen LogP contribution in [-0.4, -0.2) is 59.3 Å². The molecule has 2 heterocycles. The van der Waals surface area contributed by atoms with Gasteiger partial charge < -0.3 is 4.90 Å². The van der Waals surface area contributed by atoms with Gasteiger partial charge in [-0.1, -0.05) is 23.8 Å².